The zero-order chi connectivity index (χ0) is 11.4. The van der Waals surface area contributed by atoms with Gasteiger partial charge in [0.2, 0.25) is 0 Å². The second kappa shape index (κ2) is 4.78. The van der Waals surface area contributed by atoms with Gasteiger partial charge in [-0.2, -0.15) is 0 Å². The zero-order valence-corrected chi connectivity index (χ0v) is 9.69. The van der Waals surface area contributed by atoms with Gasteiger partial charge < -0.3 is 0 Å². The molecule has 0 aromatic carbocycles. The fourth-order valence-corrected chi connectivity index (χ4v) is 1.82. The summed E-state index contributed by atoms with van der Waals surface area (Å²) in [6, 6.07) is -0.325. The van der Waals surface area contributed by atoms with Gasteiger partial charge in [-0.05, 0) is 20.3 Å². The predicted molar refractivity (Wildman–Crippen MR) is 58.1 cm³/mol. The van der Waals surface area contributed by atoms with Crippen LogP contribution < -0.4 is 11.3 Å². The van der Waals surface area contributed by atoms with Gasteiger partial charge in [0.25, 0.3) is 0 Å². The lowest BCUT2D eigenvalue weighted by atomic mass is 9.99. The molecule has 0 aromatic heterocycles. The van der Waals surface area contributed by atoms with E-state index in [1.165, 1.54) is 6.26 Å². The van der Waals surface area contributed by atoms with Crippen molar-refractivity contribution in [3.05, 3.63) is 0 Å². The zero-order valence-electron chi connectivity index (χ0n) is 8.87. The number of sulfone groups is 1. The molecule has 5 heteroatoms. The third-order valence-corrected chi connectivity index (χ3v) is 4.77. The van der Waals surface area contributed by atoms with Crippen molar-refractivity contribution in [2.75, 3.05) is 6.26 Å². The van der Waals surface area contributed by atoms with E-state index in [2.05, 4.69) is 11.3 Å². The van der Waals surface area contributed by atoms with Crippen LogP contribution in [0.2, 0.25) is 0 Å². The quantitative estimate of drug-likeness (QED) is 0.389. The highest BCUT2D eigenvalue weighted by Gasteiger charge is 2.37. The van der Waals surface area contributed by atoms with Gasteiger partial charge in [-0.15, -0.1) is 12.3 Å². The lowest BCUT2D eigenvalue weighted by Crippen LogP contribution is -2.53. The molecule has 0 aliphatic rings. The van der Waals surface area contributed by atoms with Crippen LogP contribution >= 0.6 is 0 Å². The molecule has 0 amide bonds. The molecular weight excluding hydrogens is 200 g/mol. The maximum Gasteiger partial charge on any atom is 0.154 e. The summed E-state index contributed by atoms with van der Waals surface area (Å²) in [5.41, 5.74) is 2.51. The highest BCUT2D eigenvalue weighted by Crippen LogP contribution is 2.22. The number of nitrogens with one attached hydrogen (secondary N) is 1. The molecule has 3 N–H and O–H groups in total. The second-order valence-electron chi connectivity index (χ2n) is 3.84. The van der Waals surface area contributed by atoms with Crippen molar-refractivity contribution in [1.29, 1.82) is 0 Å². The standard InChI is InChI=1S/C9H18N2O2S/c1-5-6-7-8(11-10)9(2,3)14(4,12)13/h1,8,11H,6-7,10H2,2-4H3. The van der Waals surface area contributed by atoms with Gasteiger partial charge in [-0.1, -0.05) is 0 Å². The summed E-state index contributed by atoms with van der Waals surface area (Å²) in [6.45, 7) is 3.28. The number of terminal acetylenes is 1. The van der Waals surface area contributed by atoms with Crippen LogP contribution in [0.1, 0.15) is 26.7 Å². The Kier molecular flexibility index (Phi) is 4.59. The second-order valence-corrected chi connectivity index (χ2v) is 6.43. The Morgan fingerprint density at radius 3 is 2.36 bits per heavy atom. The van der Waals surface area contributed by atoms with Crippen molar-refractivity contribution in [3.8, 4) is 12.3 Å². The third kappa shape index (κ3) is 2.98. The third-order valence-electron chi connectivity index (χ3n) is 2.57. The Labute approximate surface area is 86.1 Å². The van der Waals surface area contributed by atoms with Crippen molar-refractivity contribution < 1.29 is 8.42 Å². The van der Waals surface area contributed by atoms with Crippen LogP contribution in [0.25, 0.3) is 0 Å². The molecule has 1 atom stereocenters. The van der Waals surface area contributed by atoms with E-state index in [4.69, 9.17) is 12.3 Å². The molecule has 0 saturated heterocycles. The molecule has 0 heterocycles. The maximum absolute atomic E-state index is 11.5. The Morgan fingerprint density at radius 1 is 1.57 bits per heavy atom. The van der Waals surface area contributed by atoms with Gasteiger partial charge in [-0.3, -0.25) is 11.3 Å². The van der Waals surface area contributed by atoms with E-state index in [1.54, 1.807) is 13.8 Å². The summed E-state index contributed by atoms with van der Waals surface area (Å²) in [5.74, 6) is 7.78. The molecule has 4 nitrogen and oxygen atoms in total. The first-order chi connectivity index (χ1) is 6.27. The molecule has 14 heavy (non-hydrogen) atoms. The largest absolute Gasteiger partial charge is 0.271 e. The molecule has 0 fully saturated rings. The van der Waals surface area contributed by atoms with Crippen LogP contribution in [0.15, 0.2) is 0 Å². The van der Waals surface area contributed by atoms with Crippen molar-refractivity contribution in [1.82, 2.24) is 5.43 Å². The van der Waals surface area contributed by atoms with E-state index in [0.717, 1.165) is 0 Å². The number of hydrogen-bond donors (Lipinski definition) is 2. The minimum absolute atomic E-state index is 0.325. The Bertz CT molecular complexity index is 314. The summed E-state index contributed by atoms with van der Waals surface area (Å²) in [4.78, 5) is 0. The summed E-state index contributed by atoms with van der Waals surface area (Å²) in [7, 11) is -3.16. The van der Waals surface area contributed by atoms with Crippen LogP contribution in [0.4, 0.5) is 0 Å². The molecule has 1 unspecified atom stereocenters. The lowest BCUT2D eigenvalue weighted by molar-refractivity contribution is 0.398. The minimum atomic E-state index is -3.16. The van der Waals surface area contributed by atoms with E-state index in [9.17, 15) is 8.42 Å². The Morgan fingerprint density at radius 2 is 2.07 bits per heavy atom. The van der Waals surface area contributed by atoms with E-state index in [0.29, 0.717) is 12.8 Å². The first-order valence-electron chi connectivity index (χ1n) is 4.36. The topological polar surface area (TPSA) is 72.2 Å². The lowest BCUT2D eigenvalue weighted by Gasteiger charge is -2.31. The molecule has 0 radical (unpaired) electrons. The average Bonchev–Trinajstić information content (AvgIpc) is 2.03. The Balaban J connectivity index is 4.77. The fourth-order valence-electron chi connectivity index (χ4n) is 1.12. The SMILES string of the molecule is C#CCCC(NN)C(C)(C)S(C)(=O)=O. The van der Waals surface area contributed by atoms with Gasteiger partial charge >= 0.3 is 0 Å². The molecule has 82 valence electrons. The summed E-state index contributed by atoms with van der Waals surface area (Å²) in [5, 5.41) is 0. The number of hydrazine groups is 1. The van der Waals surface area contributed by atoms with Gasteiger partial charge in [-0.25, -0.2) is 8.42 Å². The summed E-state index contributed by atoms with van der Waals surface area (Å²) >= 11 is 0. The molecule has 0 saturated carbocycles. The highest BCUT2D eigenvalue weighted by molar-refractivity contribution is 7.92. The predicted octanol–water partition coefficient (Wildman–Crippen LogP) is 0.0549. The molecule has 0 aliphatic heterocycles. The van der Waals surface area contributed by atoms with E-state index >= 15 is 0 Å². The average molecular weight is 218 g/mol. The van der Waals surface area contributed by atoms with Gasteiger partial charge in [0.1, 0.15) is 0 Å². The first-order valence-corrected chi connectivity index (χ1v) is 6.25. The van der Waals surface area contributed by atoms with E-state index < -0.39 is 14.6 Å². The summed E-state index contributed by atoms with van der Waals surface area (Å²) in [6.07, 6.45) is 7.37. The monoisotopic (exact) mass is 218 g/mol. The van der Waals surface area contributed by atoms with Crippen LogP contribution in [0, 0.1) is 12.3 Å². The molecule has 0 spiro atoms. The molecule has 0 rings (SSSR count). The number of nitrogens with two attached hydrogens (primary N) is 1. The molecular formula is C9H18N2O2S. The van der Waals surface area contributed by atoms with Crippen LogP contribution in [0.3, 0.4) is 0 Å². The van der Waals surface area contributed by atoms with Gasteiger partial charge in [0, 0.05) is 18.7 Å². The van der Waals surface area contributed by atoms with Crippen molar-refractivity contribution in [3.63, 3.8) is 0 Å². The van der Waals surface area contributed by atoms with Gasteiger partial charge in [0.15, 0.2) is 9.84 Å². The normalized spacial score (nSPS) is 14.8. The van der Waals surface area contributed by atoms with E-state index in [-0.39, 0.29) is 6.04 Å². The minimum Gasteiger partial charge on any atom is -0.271 e. The van der Waals surface area contributed by atoms with Crippen molar-refractivity contribution in [2.45, 2.75) is 37.5 Å². The molecule has 0 bridgehead atoms. The maximum atomic E-state index is 11.5. The van der Waals surface area contributed by atoms with E-state index in [1.807, 2.05) is 0 Å². The highest BCUT2D eigenvalue weighted by atomic mass is 32.2. The van der Waals surface area contributed by atoms with Crippen LogP contribution in [0.5, 0.6) is 0 Å². The fraction of sp³-hybridized carbons (Fsp3) is 0.778. The number of hydrogen-bond acceptors (Lipinski definition) is 4. The van der Waals surface area contributed by atoms with Crippen molar-refractivity contribution >= 4 is 9.84 Å². The summed E-state index contributed by atoms with van der Waals surface area (Å²) < 4.78 is 22.0. The van der Waals surface area contributed by atoms with Crippen molar-refractivity contribution in [2.24, 2.45) is 5.84 Å². The Hall–Kier alpha value is -0.570. The van der Waals surface area contributed by atoms with Crippen LogP contribution in [-0.4, -0.2) is 25.5 Å². The molecule has 0 aliphatic carbocycles. The number of rotatable bonds is 5. The first kappa shape index (κ1) is 13.4. The van der Waals surface area contributed by atoms with Crippen LogP contribution in [-0.2, 0) is 9.84 Å². The molecule has 0 aromatic rings. The van der Waals surface area contributed by atoms with Gasteiger partial charge in [0.05, 0.1) is 4.75 Å². The smallest absolute Gasteiger partial charge is 0.154 e.